The van der Waals surface area contributed by atoms with Crippen LogP contribution >= 0.6 is 0 Å². The topological polar surface area (TPSA) is 55.8 Å². The Kier molecular flexibility index (Phi) is 3.80. The molecule has 0 aliphatic heterocycles. The molecule has 2 rings (SSSR count). The third-order valence-electron chi connectivity index (χ3n) is 4.07. The smallest absolute Gasteiger partial charge is 0.171 e. The molecule has 0 unspecified atom stereocenters. The summed E-state index contributed by atoms with van der Waals surface area (Å²) in [5.74, 6) is 1.17. The molecule has 1 saturated carbocycles. The summed E-state index contributed by atoms with van der Waals surface area (Å²) in [6.07, 6.45) is 2.52. The number of carbonyl (C=O) groups is 1. The van der Waals surface area contributed by atoms with Crippen molar-refractivity contribution >= 4 is 5.78 Å². The molecule has 0 amide bonds. The zero-order valence-electron chi connectivity index (χ0n) is 11.7. The van der Waals surface area contributed by atoms with Crippen LogP contribution < -0.4 is 9.47 Å². The van der Waals surface area contributed by atoms with Crippen LogP contribution in [0.4, 0.5) is 0 Å². The predicted octanol–water partition coefficient (Wildman–Crippen LogP) is 2.36. The molecule has 0 aromatic heterocycles. The lowest BCUT2D eigenvalue weighted by Gasteiger charge is -2.39. The van der Waals surface area contributed by atoms with Crippen molar-refractivity contribution in [3.05, 3.63) is 23.3 Å². The second-order valence-electron chi connectivity index (χ2n) is 5.14. The first-order valence-corrected chi connectivity index (χ1v) is 6.46. The van der Waals surface area contributed by atoms with Crippen molar-refractivity contribution < 1.29 is 19.4 Å². The van der Waals surface area contributed by atoms with Crippen molar-refractivity contribution in [2.75, 3.05) is 20.8 Å². The van der Waals surface area contributed by atoms with Gasteiger partial charge in [-0.05, 0) is 37.5 Å². The summed E-state index contributed by atoms with van der Waals surface area (Å²) in [7, 11) is 3.12. The maximum atomic E-state index is 12.6. The Morgan fingerprint density at radius 2 is 1.84 bits per heavy atom. The SMILES string of the molecule is COc1cc(C)c(C(=O)C2(CO)CCC2)cc1OC. The van der Waals surface area contributed by atoms with Crippen LogP contribution in [-0.2, 0) is 0 Å². The van der Waals surface area contributed by atoms with Gasteiger partial charge in [-0.2, -0.15) is 0 Å². The molecule has 1 aliphatic carbocycles. The molecular weight excluding hydrogens is 244 g/mol. The molecular formula is C15H20O4. The lowest BCUT2D eigenvalue weighted by molar-refractivity contribution is 0.0347. The van der Waals surface area contributed by atoms with Gasteiger partial charge in [0.1, 0.15) is 0 Å². The van der Waals surface area contributed by atoms with Crippen molar-refractivity contribution in [3.8, 4) is 11.5 Å². The minimum Gasteiger partial charge on any atom is -0.493 e. The van der Waals surface area contributed by atoms with Crippen LogP contribution in [0.5, 0.6) is 11.5 Å². The van der Waals surface area contributed by atoms with E-state index in [1.165, 1.54) is 0 Å². The molecule has 104 valence electrons. The van der Waals surface area contributed by atoms with E-state index in [2.05, 4.69) is 0 Å². The number of benzene rings is 1. The highest BCUT2D eigenvalue weighted by Crippen LogP contribution is 2.44. The third-order valence-corrected chi connectivity index (χ3v) is 4.07. The van der Waals surface area contributed by atoms with Gasteiger partial charge < -0.3 is 14.6 Å². The minimum absolute atomic E-state index is 0.0136. The normalized spacial score (nSPS) is 16.6. The lowest BCUT2D eigenvalue weighted by Crippen LogP contribution is -2.41. The number of aliphatic hydroxyl groups excluding tert-OH is 1. The Balaban J connectivity index is 2.42. The number of aryl methyl sites for hydroxylation is 1. The van der Waals surface area contributed by atoms with E-state index in [-0.39, 0.29) is 12.4 Å². The van der Waals surface area contributed by atoms with Gasteiger partial charge in [-0.25, -0.2) is 0 Å². The van der Waals surface area contributed by atoms with E-state index in [1.54, 1.807) is 26.4 Å². The average Bonchev–Trinajstić information content (AvgIpc) is 2.37. The van der Waals surface area contributed by atoms with Crippen molar-refractivity contribution in [2.45, 2.75) is 26.2 Å². The summed E-state index contributed by atoms with van der Waals surface area (Å²) in [6, 6.07) is 3.52. The number of hydrogen-bond acceptors (Lipinski definition) is 4. The number of hydrogen-bond donors (Lipinski definition) is 1. The summed E-state index contributed by atoms with van der Waals surface area (Å²) in [5, 5.41) is 9.51. The summed E-state index contributed by atoms with van der Waals surface area (Å²) in [4.78, 5) is 12.6. The van der Waals surface area contributed by atoms with E-state index in [9.17, 15) is 9.90 Å². The predicted molar refractivity (Wildman–Crippen MR) is 72.0 cm³/mol. The molecule has 4 heteroatoms. The molecule has 0 spiro atoms. The van der Waals surface area contributed by atoms with E-state index < -0.39 is 5.41 Å². The first-order valence-electron chi connectivity index (χ1n) is 6.46. The Bertz CT molecular complexity index is 484. The van der Waals surface area contributed by atoms with Gasteiger partial charge in [-0.3, -0.25) is 4.79 Å². The zero-order valence-corrected chi connectivity index (χ0v) is 11.7. The Labute approximate surface area is 113 Å². The molecule has 0 atom stereocenters. The second-order valence-corrected chi connectivity index (χ2v) is 5.14. The molecule has 1 N–H and O–H groups in total. The highest BCUT2D eigenvalue weighted by atomic mass is 16.5. The van der Waals surface area contributed by atoms with Crippen LogP contribution in [0, 0.1) is 12.3 Å². The molecule has 1 aromatic carbocycles. The Morgan fingerprint density at radius 1 is 1.26 bits per heavy atom. The quantitative estimate of drug-likeness (QED) is 0.829. The Hall–Kier alpha value is -1.55. The molecule has 1 fully saturated rings. The highest BCUT2D eigenvalue weighted by Gasteiger charge is 2.44. The third kappa shape index (κ3) is 2.21. The van der Waals surface area contributed by atoms with Gasteiger partial charge in [0.15, 0.2) is 17.3 Å². The number of methoxy groups -OCH3 is 2. The van der Waals surface area contributed by atoms with Gasteiger partial charge in [-0.1, -0.05) is 6.42 Å². The van der Waals surface area contributed by atoms with Gasteiger partial charge in [0, 0.05) is 5.56 Å². The van der Waals surface area contributed by atoms with Crippen molar-refractivity contribution in [2.24, 2.45) is 5.41 Å². The number of Topliss-reactive ketones (excluding diaryl/α,β-unsaturated/α-hetero) is 1. The van der Waals surface area contributed by atoms with Crippen molar-refractivity contribution in [1.29, 1.82) is 0 Å². The molecule has 1 aliphatic rings. The van der Waals surface area contributed by atoms with Gasteiger partial charge in [0.25, 0.3) is 0 Å². The standard InChI is InChI=1S/C15H20O4/c1-10-7-12(18-2)13(19-3)8-11(10)14(17)15(9-16)5-4-6-15/h7-8,16H,4-6,9H2,1-3H3. The number of ether oxygens (including phenoxy) is 2. The minimum atomic E-state index is -0.579. The van der Waals surface area contributed by atoms with Gasteiger partial charge in [0.05, 0.1) is 26.2 Å². The first kappa shape index (κ1) is 13.9. The number of carbonyl (C=O) groups excluding carboxylic acids is 1. The summed E-state index contributed by atoms with van der Waals surface area (Å²) in [6.45, 7) is 1.79. The van der Waals surface area contributed by atoms with Crippen molar-refractivity contribution in [1.82, 2.24) is 0 Å². The van der Waals surface area contributed by atoms with Gasteiger partial charge in [-0.15, -0.1) is 0 Å². The summed E-state index contributed by atoms with van der Waals surface area (Å²) >= 11 is 0. The van der Waals surface area contributed by atoms with Crippen LogP contribution in [0.1, 0.15) is 35.2 Å². The maximum absolute atomic E-state index is 12.6. The van der Waals surface area contributed by atoms with Gasteiger partial charge >= 0.3 is 0 Å². The Morgan fingerprint density at radius 3 is 2.26 bits per heavy atom. The van der Waals surface area contributed by atoms with Crippen LogP contribution in [0.3, 0.4) is 0 Å². The van der Waals surface area contributed by atoms with Gasteiger partial charge in [0.2, 0.25) is 0 Å². The largest absolute Gasteiger partial charge is 0.493 e. The van der Waals surface area contributed by atoms with Crippen LogP contribution in [0.25, 0.3) is 0 Å². The number of rotatable bonds is 5. The van der Waals surface area contributed by atoms with E-state index in [4.69, 9.17) is 9.47 Å². The van der Waals surface area contributed by atoms with E-state index >= 15 is 0 Å². The van der Waals surface area contributed by atoms with Crippen molar-refractivity contribution in [3.63, 3.8) is 0 Å². The lowest BCUT2D eigenvalue weighted by atomic mass is 9.65. The van der Waals surface area contributed by atoms with E-state index in [1.807, 2.05) is 6.92 Å². The van der Waals surface area contributed by atoms with E-state index in [0.717, 1.165) is 24.8 Å². The fraction of sp³-hybridized carbons (Fsp3) is 0.533. The second kappa shape index (κ2) is 5.21. The van der Waals surface area contributed by atoms with E-state index in [0.29, 0.717) is 17.1 Å². The van der Waals surface area contributed by atoms with Crippen LogP contribution in [-0.4, -0.2) is 31.7 Å². The molecule has 19 heavy (non-hydrogen) atoms. The number of ketones is 1. The average molecular weight is 264 g/mol. The maximum Gasteiger partial charge on any atom is 0.171 e. The molecule has 0 bridgehead atoms. The molecule has 0 saturated heterocycles. The fourth-order valence-corrected chi connectivity index (χ4v) is 2.57. The molecule has 1 aromatic rings. The summed E-state index contributed by atoms with van der Waals surface area (Å²) in [5.41, 5.74) is 0.887. The molecule has 0 heterocycles. The van der Waals surface area contributed by atoms with Crippen LogP contribution in [0.15, 0.2) is 12.1 Å². The molecule has 4 nitrogen and oxygen atoms in total. The first-order chi connectivity index (χ1) is 9.07. The zero-order chi connectivity index (χ0) is 14.0. The van der Waals surface area contributed by atoms with Crippen LogP contribution in [0.2, 0.25) is 0 Å². The highest BCUT2D eigenvalue weighted by molar-refractivity contribution is 6.03. The monoisotopic (exact) mass is 264 g/mol. The summed E-state index contributed by atoms with van der Waals surface area (Å²) < 4.78 is 10.5. The molecule has 0 radical (unpaired) electrons. The number of aliphatic hydroxyl groups is 1. The fourth-order valence-electron chi connectivity index (χ4n) is 2.57.